The van der Waals surface area contributed by atoms with Gasteiger partial charge in [0.25, 0.3) is 0 Å². The predicted molar refractivity (Wildman–Crippen MR) is 82.7 cm³/mol. The van der Waals surface area contributed by atoms with Gasteiger partial charge in [-0.25, -0.2) is 0 Å². The molecule has 0 fully saturated rings. The van der Waals surface area contributed by atoms with Crippen LogP contribution in [0, 0.1) is 0 Å². The van der Waals surface area contributed by atoms with E-state index < -0.39 is 0 Å². The largest absolute Gasteiger partial charge is 0.392 e. The van der Waals surface area contributed by atoms with Crippen molar-refractivity contribution < 1.29 is 5.11 Å². The molecule has 3 rings (SSSR count). The molecule has 2 aromatic carbocycles. The van der Waals surface area contributed by atoms with E-state index in [1.807, 2.05) is 18.2 Å². The predicted octanol–water partition coefficient (Wildman–Crippen LogP) is 4.04. The van der Waals surface area contributed by atoms with Gasteiger partial charge < -0.3 is 5.11 Å². The molecular formula is C19H18O. The molecule has 100 valence electrons. The van der Waals surface area contributed by atoms with Gasteiger partial charge in [-0.1, -0.05) is 78.9 Å². The molecule has 1 aliphatic rings. The second kappa shape index (κ2) is 5.89. The first kappa shape index (κ1) is 12.9. The van der Waals surface area contributed by atoms with Gasteiger partial charge in [-0.15, -0.1) is 0 Å². The maximum Gasteiger partial charge on any atom is 0.0678 e. The third kappa shape index (κ3) is 2.59. The Hall–Kier alpha value is -2.12. The molecule has 0 aromatic heterocycles. The van der Waals surface area contributed by atoms with Crippen LogP contribution in [0.4, 0.5) is 0 Å². The second-order valence-corrected chi connectivity index (χ2v) is 5.13. The fourth-order valence-corrected chi connectivity index (χ4v) is 2.81. The quantitative estimate of drug-likeness (QED) is 0.885. The van der Waals surface area contributed by atoms with E-state index in [1.165, 1.54) is 11.1 Å². The molecule has 1 heteroatoms. The van der Waals surface area contributed by atoms with Crippen molar-refractivity contribution in [1.82, 2.24) is 0 Å². The van der Waals surface area contributed by atoms with E-state index in [0.717, 1.165) is 5.57 Å². The van der Waals surface area contributed by atoms with Gasteiger partial charge >= 0.3 is 0 Å². The van der Waals surface area contributed by atoms with E-state index in [9.17, 15) is 5.11 Å². The van der Waals surface area contributed by atoms with Gasteiger partial charge in [0.15, 0.2) is 0 Å². The number of aliphatic hydroxyl groups excluding tert-OH is 1. The molecule has 0 unspecified atom stereocenters. The van der Waals surface area contributed by atoms with Crippen molar-refractivity contribution >= 4 is 0 Å². The highest BCUT2D eigenvalue weighted by molar-refractivity contribution is 5.42. The Morgan fingerprint density at radius 2 is 1.30 bits per heavy atom. The summed E-state index contributed by atoms with van der Waals surface area (Å²) in [6.07, 6.45) is 6.43. The third-order valence-corrected chi connectivity index (χ3v) is 3.85. The Bertz CT molecular complexity index is 611. The number of rotatable bonds is 3. The molecule has 1 N–H and O–H groups in total. The van der Waals surface area contributed by atoms with E-state index in [-0.39, 0.29) is 12.5 Å². The van der Waals surface area contributed by atoms with Crippen LogP contribution >= 0.6 is 0 Å². The van der Waals surface area contributed by atoms with Crippen LogP contribution in [0.1, 0.15) is 23.0 Å². The molecule has 2 aromatic rings. The first-order valence-corrected chi connectivity index (χ1v) is 6.98. The van der Waals surface area contributed by atoms with Gasteiger partial charge in [-0.3, -0.25) is 0 Å². The first-order valence-electron chi connectivity index (χ1n) is 6.98. The minimum atomic E-state index is 0.0986. The molecule has 0 heterocycles. The van der Waals surface area contributed by atoms with Crippen LogP contribution in [0.25, 0.3) is 0 Å². The minimum Gasteiger partial charge on any atom is -0.392 e. The number of hydrogen-bond donors (Lipinski definition) is 1. The average Bonchev–Trinajstić information content (AvgIpc) is 2.56. The zero-order valence-corrected chi connectivity index (χ0v) is 11.3. The highest BCUT2D eigenvalue weighted by atomic mass is 16.3. The summed E-state index contributed by atoms with van der Waals surface area (Å²) in [5.74, 6) is 0.611. The summed E-state index contributed by atoms with van der Waals surface area (Å²) in [7, 11) is 0. The van der Waals surface area contributed by atoms with Gasteiger partial charge in [0, 0.05) is 11.8 Å². The fourth-order valence-electron chi connectivity index (χ4n) is 2.81. The zero-order valence-electron chi connectivity index (χ0n) is 11.3. The second-order valence-electron chi connectivity index (χ2n) is 5.13. The van der Waals surface area contributed by atoms with Gasteiger partial charge in [0.1, 0.15) is 0 Å². The Kier molecular flexibility index (Phi) is 3.80. The van der Waals surface area contributed by atoms with Crippen molar-refractivity contribution in [2.24, 2.45) is 0 Å². The maximum absolute atomic E-state index is 9.39. The van der Waals surface area contributed by atoms with Crippen LogP contribution < -0.4 is 0 Å². The van der Waals surface area contributed by atoms with Crippen molar-refractivity contribution in [3.8, 4) is 0 Å². The molecular weight excluding hydrogens is 244 g/mol. The molecule has 0 aliphatic heterocycles. The SMILES string of the molecule is OCC1=C[C@H](c2ccccc2)[C@@H](c2ccccc2)C=C1. The Labute approximate surface area is 119 Å². The minimum absolute atomic E-state index is 0.0986. The van der Waals surface area contributed by atoms with Gasteiger partial charge in [0.2, 0.25) is 0 Å². The number of aliphatic hydroxyl groups is 1. The highest BCUT2D eigenvalue weighted by Crippen LogP contribution is 2.38. The molecule has 1 nitrogen and oxygen atoms in total. The van der Waals surface area contributed by atoms with Crippen LogP contribution in [0.5, 0.6) is 0 Å². The summed E-state index contributed by atoms with van der Waals surface area (Å²) in [6, 6.07) is 21.0. The molecule has 0 amide bonds. The van der Waals surface area contributed by atoms with E-state index >= 15 is 0 Å². The maximum atomic E-state index is 9.39. The van der Waals surface area contributed by atoms with E-state index in [1.54, 1.807) is 0 Å². The third-order valence-electron chi connectivity index (χ3n) is 3.85. The van der Waals surface area contributed by atoms with Crippen molar-refractivity contribution in [2.75, 3.05) is 6.61 Å². The molecule has 2 atom stereocenters. The molecule has 0 saturated carbocycles. The van der Waals surface area contributed by atoms with Crippen LogP contribution in [-0.4, -0.2) is 11.7 Å². The lowest BCUT2D eigenvalue weighted by Crippen LogP contribution is -2.12. The topological polar surface area (TPSA) is 20.2 Å². The number of allylic oxidation sites excluding steroid dienone is 2. The summed E-state index contributed by atoms with van der Waals surface area (Å²) >= 11 is 0. The molecule has 0 radical (unpaired) electrons. The van der Waals surface area contributed by atoms with Gasteiger partial charge in [-0.2, -0.15) is 0 Å². The summed E-state index contributed by atoms with van der Waals surface area (Å²) in [5, 5.41) is 9.39. The monoisotopic (exact) mass is 262 g/mol. The first-order chi connectivity index (χ1) is 9.88. The van der Waals surface area contributed by atoms with Crippen molar-refractivity contribution in [3.63, 3.8) is 0 Å². The fraction of sp³-hybridized carbons (Fsp3) is 0.158. The van der Waals surface area contributed by atoms with Gasteiger partial charge in [0.05, 0.1) is 6.61 Å². The van der Waals surface area contributed by atoms with Crippen LogP contribution in [0.3, 0.4) is 0 Å². The van der Waals surface area contributed by atoms with Crippen LogP contribution in [0.15, 0.2) is 84.5 Å². The Balaban J connectivity index is 2.01. The molecule has 0 spiro atoms. The van der Waals surface area contributed by atoms with Crippen LogP contribution in [0.2, 0.25) is 0 Å². The van der Waals surface area contributed by atoms with Crippen molar-refractivity contribution in [2.45, 2.75) is 11.8 Å². The normalized spacial score (nSPS) is 21.6. The average molecular weight is 262 g/mol. The van der Waals surface area contributed by atoms with E-state index in [0.29, 0.717) is 5.92 Å². The Morgan fingerprint density at radius 3 is 1.85 bits per heavy atom. The smallest absolute Gasteiger partial charge is 0.0678 e. The Morgan fingerprint density at radius 1 is 0.750 bits per heavy atom. The molecule has 1 aliphatic carbocycles. The lowest BCUT2D eigenvalue weighted by molar-refractivity contribution is 0.333. The zero-order chi connectivity index (χ0) is 13.8. The van der Waals surface area contributed by atoms with E-state index in [4.69, 9.17) is 0 Å². The molecule has 0 saturated heterocycles. The number of benzene rings is 2. The number of hydrogen-bond acceptors (Lipinski definition) is 1. The highest BCUT2D eigenvalue weighted by Gasteiger charge is 2.23. The molecule has 20 heavy (non-hydrogen) atoms. The summed E-state index contributed by atoms with van der Waals surface area (Å²) in [4.78, 5) is 0. The lowest BCUT2D eigenvalue weighted by atomic mass is 9.77. The standard InChI is InChI=1S/C19H18O/c20-14-15-11-12-18(16-7-3-1-4-8-16)19(13-15)17-9-5-2-6-10-17/h1-13,18-20H,14H2/t18-,19-/m1/s1. The van der Waals surface area contributed by atoms with E-state index in [2.05, 4.69) is 60.7 Å². The van der Waals surface area contributed by atoms with Gasteiger partial charge in [-0.05, 0) is 16.7 Å². The molecule has 0 bridgehead atoms. The summed E-state index contributed by atoms with van der Waals surface area (Å²) < 4.78 is 0. The summed E-state index contributed by atoms with van der Waals surface area (Å²) in [6.45, 7) is 0.0986. The van der Waals surface area contributed by atoms with Crippen LogP contribution in [-0.2, 0) is 0 Å². The lowest BCUT2D eigenvalue weighted by Gasteiger charge is -2.27. The van der Waals surface area contributed by atoms with Crippen molar-refractivity contribution in [3.05, 3.63) is 95.6 Å². The van der Waals surface area contributed by atoms with Crippen molar-refractivity contribution in [1.29, 1.82) is 0 Å². The summed E-state index contributed by atoms with van der Waals surface area (Å²) in [5.41, 5.74) is 3.59.